The molecule has 19 heavy (non-hydrogen) atoms. The second-order valence-corrected chi connectivity index (χ2v) is 6.88. The first kappa shape index (κ1) is 14.9. The van der Waals surface area contributed by atoms with Crippen molar-refractivity contribution in [3.63, 3.8) is 0 Å². The Labute approximate surface area is 119 Å². The first-order chi connectivity index (χ1) is 8.96. The molecule has 8 heteroatoms. The third kappa shape index (κ3) is 2.97. The normalized spacial score (nSPS) is 21.5. The molecule has 0 spiro atoms. The van der Waals surface area contributed by atoms with Crippen LogP contribution in [-0.4, -0.2) is 50.2 Å². The predicted molar refractivity (Wildman–Crippen MR) is 69.7 cm³/mol. The summed E-state index contributed by atoms with van der Waals surface area (Å²) in [6.07, 6.45) is 0. The molecule has 1 aromatic carbocycles. The second-order valence-electron chi connectivity index (χ2n) is 4.10. The number of halogens is 2. The first-order valence-corrected chi connectivity index (χ1v) is 7.85. The number of aliphatic hydroxyl groups excluding tert-OH is 1. The van der Waals surface area contributed by atoms with Gasteiger partial charge in [-0.05, 0) is 18.2 Å². The van der Waals surface area contributed by atoms with E-state index in [2.05, 4.69) is 15.9 Å². The molecule has 0 amide bonds. The Morgan fingerprint density at radius 3 is 2.89 bits per heavy atom. The quantitative estimate of drug-likeness (QED) is 0.879. The average molecular weight is 354 g/mol. The Kier molecular flexibility index (Phi) is 4.57. The molecule has 0 saturated carbocycles. The van der Waals surface area contributed by atoms with Gasteiger partial charge in [0, 0.05) is 11.0 Å². The zero-order chi connectivity index (χ0) is 14.0. The van der Waals surface area contributed by atoms with E-state index in [1.54, 1.807) is 0 Å². The summed E-state index contributed by atoms with van der Waals surface area (Å²) in [6.45, 7) is 0.0716. The van der Waals surface area contributed by atoms with E-state index >= 15 is 0 Å². The minimum atomic E-state index is -3.97. The highest BCUT2D eigenvalue weighted by molar-refractivity contribution is 9.10. The van der Waals surface area contributed by atoms with Crippen LogP contribution in [-0.2, 0) is 14.8 Å². The summed E-state index contributed by atoms with van der Waals surface area (Å²) in [6, 6.07) is 3.09. The molecule has 1 atom stereocenters. The Hall–Kier alpha value is -0.540. The smallest absolute Gasteiger partial charge is 0.246 e. The van der Waals surface area contributed by atoms with Gasteiger partial charge in [0.25, 0.3) is 0 Å². The number of hydrogen-bond acceptors (Lipinski definition) is 4. The first-order valence-electron chi connectivity index (χ1n) is 5.62. The Bertz CT molecular complexity index is 566. The number of morpholine rings is 1. The molecule has 1 N–H and O–H groups in total. The van der Waals surface area contributed by atoms with Crippen LogP contribution in [0.15, 0.2) is 27.6 Å². The lowest BCUT2D eigenvalue weighted by atomic mass is 10.3. The molecular weight excluding hydrogens is 341 g/mol. The minimum Gasteiger partial charge on any atom is -0.395 e. The van der Waals surface area contributed by atoms with Crippen molar-refractivity contribution in [1.29, 1.82) is 0 Å². The molecule has 106 valence electrons. The van der Waals surface area contributed by atoms with E-state index in [1.807, 2.05) is 0 Å². The fraction of sp³-hybridized carbons (Fsp3) is 0.455. The number of sulfonamides is 1. The molecule has 1 fully saturated rings. The van der Waals surface area contributed by atoms with E-state index in [-0.39, 0.29) is 26.4 Å². The van der Waals surface area contributed by atoms with E-state index in [1.165, 1.54) is 12.1 Å². The monoisotopic (exact) mass is 353 g/mol. The van der Waals surface area contributed by atoms with E-state index in [4.69, 9.17) is 4.74 Å². The van der Waals surface area contributed by atoms with Crippen molar-refractivity contribution in [2.24, 2.45) is 0 Å². The number of rotatable bonds is 3. The van der Waals surface area contributed by atoms with Gasteiger partial charge < -0.3 is 9.84 Å². The lowest BCUT2D eigenvalue weighted by molar-refractivity contribution is 0.0108. The largest absolute Gasteiger partial charge is 0.395 e. The van der Waals surface area contributed by atoms with Crippen LogP contribution in [0.25, 0.3) is 0 Å². The number of benzene rings is 1. The van der Waals surface area contributed by atoms with Crippen LogP contribution >= 0.6 is 15.9 Å². The Balaban J connectivity index is 2.40. The van der Waals surface area contributed by atoms with Crippen molar-refractivity contribution in [1.82, 2.24) is 4.31 Å². The van der Waals surface area contributed by atoms with Gasteiger partial charge in [0.05, 0.1) is 25.9 Å². The van der Waals surface area contributed by atoms with Gasteiger partial charge in [0.1, 0.15) is 10.7 Å². The van der Waals surface area contributed by atoms with Crippen LogP contribution in [0.5, 0.6) is 0 Å². The van der Waals surface area contributed by atoms with Crippen molar-refractivity contribution in [2.45, 2.75) is 10.9 Å². The standard InChI is InChI=1S/C11H13BrFNO4S/c12-8-1-2-11(10(13)5-8)19(16,17)14-3-4-18-7-9(14)6-15/h1-2,5,9,15H,3-4,6-7H2. The van der Waals surface area contributed by atoms with Crippen LogP contribution in [0.4, 0.5) is 4.39 Å². The summed E-state index contributed by atoms with van der Waals surface area (Å²) in [5.41, 5.74) is 0. The number of ether oxygens (including phenoxy) is 1. The Morgan fingerprint density at radius 1 is 1.53 bits per heavy atom. The van der Waals surface area contributed by atoms with Crippen LogP contribution in [0.1, 0.15) is 0 Å². The van der Waals surface area contributed by atoms with Gasteiger partial charge in [-0.1, -0.05) is 15.9 Å². The van der Waals surface area contributed by atoms with Gasteiger partial charge in [-0.25, -0.2) is 12.8 Å². The summed E-state index contributed by atoms with van der Waals surface area (Å²) < 4.78 is 45.3. The summed E-state index contributed by atoms with van der Waals surface area (Å²) >= 11 is 3.08. The number of nitrogens with zero attached hydrogens (tertiary/aromatic N) is 1. The predicted octanol–water partition coefficient (Wildman–Crippen LogP) is 0.970. The maximum Gasteiger partial charge on any atom is 0.246 e. The number of aliphatic hydroxyl groups is 1. The highest BCUT2D eigenvalue weighted by Gasteiger charge is 2.35. The molecule has 0 radical (unpaired) electrons. The van der Waals surface area contributed by atoms with E-state index in [0.29, 0.717) is 4.47 Å². The van der Waals surface area contributed by atoms with E-state index in [0.717, 1.165) is 10.4 Å². The number of hydrogen-bond donors (Lipinski definition) is 1. The summed E-state index contributed by atoms with van der Waals surface area (Å²) in [5.74, 6) is -0.822. The zero-order valence-electron chi connectivity index (χ0n) is 9.92. The van der Waals surface area contributed by atoms with Crippen molar-refractivity contribution in [3.05, 3.63) is 28.5 Å². The van der Waals surface area contributed by atoms with Crippen molar-refractivity contribution >= 4 is 26.0 Å². The SMILES string of the molecule is O=S(=O)(c1ccc(Br)cc1F)N1CCOCC1CO. The van der Waals surface area contributed by atoms with Crippen LogP contribution in [0.2, 0.25) is 0 Å². The van der Waals surface area contributed by atoms with E-state index < -0.39 is 26.8 Å². The van der Waals surface area contributed by atoms with Gasteiger partial charge >= 0.3 is 0 Å². The summed E-state index contributed by atoms with van der Waals surface area (Å²) in [4.78, 5) is -0.393. The molecule has 1 aliphatic heterocycles. The van der Waals surface area contributed by atoms with E-state index in [9.17, 15) is 17.9 Å². The molecule has 0 aromatic heterocycles. The maximum absolute atomic E-state index is 13.8. The maximum atomic E-state index is 13.8. The molecule has 5 nitrogen and oxygen atoms in total. The lowest BCUT2D eigenvalue weighted by Crippen LogP contribution is -2.50. The highest BCUT2D eigenvalue weighted by atomic mass is 79.9. The topological polar surface area (TPSA) is 66.8 Å². The molecule has 0 aliphatic carbocycles. The van der Waals surface area contributed by atoms with Gasteiger partial charge in [0.15, 0.2) is 0 Å². The molecule has 1 heterocycles. The molecule has 2 rings (SSSR count). The van der Waals surface area contributed by atoms with Gasteiger partial charge in [-0.2, -0.15) is 4.31 Å². The third-order valence-corrected chi connectivity index (χ3v) is 5.34. The minimum absolute atomic E-state index is 0.100. The average Bonchev–Trinajstić information content (AvgIpc) is 2.38. The fourth-order valence-corrected chi connectivity index (χ4v) is 3.88. The van der Waals surface area contributed by atoms with Gasteiger partial charge in [-0.15, -0.1) is 0 Å². The van der Waals surface area contributed by atoms with Gasteiger partial charge in [-0.3, -0.25) is 0 Å². The van der Waals surface area contributed by atoms with Crippen LogP contribution in [0.3, 0.4) is 0 Å². The van der Waals surface area contributed by atoms with Crippen molar-refractivity contribution in [3.8, 4) is 0 Å². The summed E-state index contributed by atoms with van der Waals surface area (Å²) in [5, 5.41) is 9.20. The molecule has 1 unspecified atom stereocenters. The van der Waals surface area contributed by atoms with Gasteiger partial charge in [0.2, 0.25) is 10.0 Å². The Morgan fingerprint density at radius 2 is 2.26 bits per heavy atom. The van der Waals surface area contributed by atoms with Crippen LogP contribution in [0, 0.1) is 5.82 Å². The fourth-order valence-electron chi connectivity index (χ4n) is 1.91. The second kappa shape index (κ2) is 5.84. The molecule has 0 bridgehead atoms. The molecular formula is C11H13BrFNO4S. The molecule has 1 aliphatic rings. The third-order valence-electron chi connectivity index (χ3n) is 2.86. The zero-order valence-corrected chi connectivity index (χ0v) is 12.3. The van der Waals surface area contributed by atoms with Crippen molar-refractivity contribution in [2.75, 3.05) is 26.4 Å². The lowest BCUT2D eigenvalue weighted by Gasteiger charge is -2.33. The molecule has 1 saturated heterocycles. The highest BCUT2D eigenvalue weighted by Crippen LogP contribution is 2.25. The van der Waals surface area contributed by atoms with Crippen molar-refractivity contribution < 1.29 is 22.7 Å². The molecule has 1 aromatic rings. The van der Waals surface area contributed by atoms with Crippen LogP contribution < -0.4 is 0 Å². The summed E-state index contributed by atoms with van der Waals surface area (Å²) in [7, 11) is -3.97.